The van der Waals surface area contributed by atoms with E-state index >= 15 is 0 Å². The predicted molar refractivity (Wildman–Crippen MR) is 116 cm³/mol. The maximum Gasteiger partial charge on any atom is 0.201 e. The number of benzene rings is 2. The molecule has 1 aliphatic rings. The van der Waals surface area contributed by atoms with Crippen molar-refractivity contribution in [2.24, 2.45) is 5.92 Å². The molecule has 2 aromatic carbocycles. The Bertz CT molecular complexity index is 818. The molecule has 0 saturated heterocycles. The summed E-state index contributed by atoms with van der Waals surface area (Å²) in [6.45, 7) is 5.91. The van der Waals surface area contributed by atoms with Gasteiger partial charge in [0.2, 0.25) is 5.82 Å². The average molecular weight is 402 g/mol. The quantitative estimate of drug-likeness (QED) is 0.379. The van der Waals surface area contributed by atoms with E-state index in [2.05, 4.69) is 6.92 Å². The van der Waals surface area contributed by atoms with Crippen LogP contribution in [0.4, 0.5) is 14.5 Å². The Labute approximate surface area is 173 Å². The number of halogens is 2. The first-order valence-corrected chi connectivity index (χ1v) is 10.9. The van der Waals surface area contributed by atoms with Gasteiger partial charge in [-0.2, -0.15) is 4.39 Å². The lowest BCUT2D eigenvalue weighted by Gasteiger charge is -2.29. The molecule has 0 bridgehead atoms. The summed E-state index contributed by atoms with van der Waals surface area (Å²) < 4.78 is 35.4. The third-order valence-electron chi connectivity index (χ3n) is 6.27. The maximum absolute atomic E-state index is 14.9. The lowest BCUT2D eigenvalue weighted by atomic mass is 9.77. The van der Waals surface area contributed by atoms with Crippen LogP contribution in [0.2, 0.25) is 0 Å². The van der Waals surface area contributed by atoms with Gasteiger partial charge in [0.25, 0.3) is 0 Å². The van der Waals surface area contributed by atoms with Crippen LogP contribution in [0.25, 0.3) is 0 Å². The fourth-order valence-electron chi connectivity index (χ4n) is 4.64. The molecule has 1 aliphatic carbocycles. The van der Waals surface area contributed by atoms with Gasteiger partial charge in [-0.1, -0.05) is 38.7 Å². The molecule has 158 valence electrons. The number of hydrogen-bond donors (Lipinski definition) is 1. The standard InChI is InChI=1S/C25H33F2NO/c1-4-5-6-7-18-8-10-19(11-9-18)21-12-13-22(24(27)23(21)26)29-25-16(2)14-20(28)15-17(25)3/h12-15,18-19H,4-11,28H2,1-3H3/t18-,19-. The van der Waals surface area contributed by atoms with Crippen LogP contribution in [0, 0.1) is 31.4 Å². The second-order valence-electron chi connectivity index (χ2n) is 8.58. The molecule has 0 aromatic heterocycles. The normalized spacial score (nSPS) is 19.3. The number of rotatable bonds is 7. The van der Waals surface area contributed by atoms with Crippen LogP contribution < -0.4 is 10.5 Å². The Balaban J connectivity index is 1.71. The molecule has 1 fully saturated rings. The highest BCUT2D eigenvalue weighted by Gasteiger charge is 2.26. The number of nitrogens with two attached hydrogens (primary N) is 1. The summed E-state index contributed by atoms with van der Waals surface area (Å²) in [4.78, 5) is 0. The van der Waals surface area contributed by atoms with Gasteiger partial charge in [0, 0.05) is 5.69 Å². The maximum atomic E-state index is 14.9. The van der Waals surface area contributed by atoms with Gasteiger partial charge in [-0.05, 0) is 86.3 Å². The number of nitrogen functional groups attached to an aromatic ring is 1. The summed E-state index contributed by atoms with van der Waals surface area (Å²) >= 11 is 0. The first-order valence-electron chi connectivity index (χ1n) is 10.9. The number of hydrogen-bond acceptors (Lipinski definition) is 2. The van der Waals surface area contributed by atoms with Crippen molar-refractivity contribution < 1.29 is 13.5 Å². The molecule has 29 heavy (non-hydrogen) atoms. The van der Waals surface area contributed by atoms with Crippen molar-refractivity contribution in [2.75, 3.05) is 5.73 Å². The van der Waals surface area contributed by atoms with Gasteiger partial charge in [-0.3, -0.25) is 0 Å². The summed E-state index contributed by atoms with van der Waals surface area (Å²) in [5.74, 6) is -0.370. The molecule has 0 spiro atoms. The van der Waals surface area contributed by atoms with Crippen LogP contribution in [-0.4, -0.2) is 0 Å². The number of anilines is 1. The van der Waals surface area contributed by atoms with E-state index in [0.717, 1.165) is 42.7 Å². The number of ether oxygens (including phenoxy) is 1. The highest BCUT2D eigenvalue weighted by molar-refractivity contribution is 5.53. The van der Waals surface area contributed by atoms with E-state index in [-0.39, 0.29) is 11.7 Å². The molecule has 0 unspecified atom stereocenters. The average Bonchev–Trinajstić information content (AvgIpc) is 2.69. The topological polar surface area (TPSA) is 35.2 Å². The van der Waals surface area contributed by atoms with Crippen LogP contribution in [0.15, 0.2) is 24.3 Å². The Kier molecular flexibility index (Phi) is 7.15. The Morgan fingerprint density at radius 3 is 2.24 bits per heavy atom. The third kappa shape index (κ3) is 5.09. The molecule has 0 aliphatic heterocycles. The molecule has 0 radical (unpaired) electrons. The predicted octanol–water partition coefficient (Wildman–Crippen LogP) is 7.81. The van der Waals surface area contributed by atoms with E-state index in [0.29, 0.717) is 17.0 Å². The van der Waals surface area contributed by atoms with Crippen LogP contribution in [0.1, 0.15) is 80.9 Å². The van der Waals surface area contributed by atoms with Crippen molar-refractivity contribution in [2.45, 2.75) is 78.1 Å². The van der Waals surface area contributed by atoms with Crippen LogP contribution in [0.3, 0.4) is 0 Å². The molecule has 0 heterocycles. The fourth-order valence-corrected chi connectivity index (χ4v) is 4.64. The SMILES string of the molecule is CCCCC[C@H]1CC[C@H](c2ccc(Oc3c(C)cc(N)cc3C)c(F)c2F)CC1. The van der Waals surface area contributed by atoms with E-state index in [4.69, 9.17) is 10.5 Å². The number of aryl methyl sites for hydroxylation is 2. The largest absolute Gasteiger partial charge is 0.454 e. The first kappa shape index (κ1) is 21.6. The molecule has 4 heteroatoms. The van der Waals surface area contributed by atoms with Crippen molar-refractivity contribution in [1.82, 2.24) is 0 Å². The molecule has 0 amide bonds. The van der Waals surface area contributed by atoms with E-state index in [9.17, 15) is 8.78 Å². The van der Waals surface area contributed by atoms with Gasteiger partial charge in [0.05, 0.1) is 0 Å². The van der Waals surface area contributed by atoms with Crippen LogP contribution >= 0.6 is 0 Å². The van der Waals surface area contributed by atoms with Crippen LogP contribution in [0.5, 0.6) is 11.5 Å². The monoisotopic (exact) mass is 401 g/mol. The minimum Gasteiger partial charge on any atom is -0.454 e. The van der Waals surface area contributed by atoms with E-state index in [1.54, 1.807) is 24.3 Å². The number of unbranched alkanes of at least 4 members (excludes halogenated alkanes) is 2. The van der Waals surface area contributed by atoms with Crippen molar-refractivity contribution in [1.29, 1.82) is 0 Å². The summed E-state index contributed by atoms with van der Waals surface area (Å²) in [7, 11) is 0. The molecule has 3 rings (SSSR count). The fraction of sp³-hybridized carbons (Fsp3) is 0.520. The van der Waals surface area contributed by atoms with E-state index in [1.807, 2.05) is 13.8 Å². The Hall–Kier alpha value is -2.10. The zero-order chi connectivity index (χ0) is 21.0. The molecule has 2 N–H and O–H groups in total. The second kappa shape index (κ2) is 9.60. The summed E-state index contributed by atoms with van der Waals surface area (Å²) in [5.41, 5.74) is 8.55. The van der Waals surface area contributed by atoms with Gasteiger partial charge in [-0.15, -0.1) is 0 Å². The molecular weight excluding hydrogens is 368 g/mol. The van der Waals surface area contributed by atoms with Crippen molar-refractivity contribution in [3.8, 4) is 11.5 Å². The highest BCUT2D eigenvalue weighted by Crippen LogP contribution is 2.41. The molecule has 1 saturated carbocycles. The summed E-state index contributed by atoms with van der Waals surface area (Å²) in [6.07, 6.45) is 9.16. The molecular formula is C25H33F2NO. The molecule has 2 nitrogen and oxygen atoms in total. The minimum atomic E-state index is -0.900. The van der Waals surface area contributed by atoms with Crippen molar-refractivity contribution in [3.63, 3.8) is 0 Å². The van der Waals surface area contributed by atoms with Gasteiger partial charge >= 0.3 is 0 Å². The van der Waals surface area contributed by atoms with Crippen molar-refractivity contribution in [3.05, 3.63) is 52.6 Å². The molecule has 0 atom stereocenters. The highest BCUT2D eigenvalue weighted by atomic mass is 19.2. The minimum absolute atomic E-state index is 0.0736. The van der Waals surface area contributed by atoms with Crippen LogP contribution in [-0.2, 0) is 0 Å². The van der Waals surface area contributed by atoms with E-state index < -0.39 is 11.6 Å². The molecule has 2 aromatic rings. The Morgan fingerprint density at radius 2 is 1.62 bits per heavy atom. The second-order valence-corrected chi connectivity index (χ2v) is 8.58. The van der Waals surface area contributed by atoms with Gasteiger partial charge in [0.15, 0.2) is 11.6 Å². The van der Waals surface area contributed by atoms with Crippen molar-refractivity contribution >= 4 is 5.69 Å². The first-order chi connectivity index (χ1) is 13.9. The lowest BCUT2D eigenvalue weighted by molar-refractivity contribution is 0.297. The smallest absolute Gasteiger partial charge is 0.201 e. The van der Waals surface area contributed by atoms with Gasteiger partial charge < -0.3 is 10.5 Å². The van der Waals surface area contributed by atoms with E-state index in [1.165, 1.54) is 25.7 Å². The summed E-state index contributed by atoms with van der Waals surface area (Å²) in [6, 6.07) is 6.81. The Morgan fingerprint density at radius 1 is 0.966 bits per heavy atom. The zero-order valence-electron chi connectivity index (χ0n) is 17.9. The summed E-state index contributed by atoms with van der Waals surface area (Å²) in [5, 5.41) is 0. The van der Waals surface area contributed by atoms with Gasteiger partial charge in [-0.25, -0.2) is 4.39 Å². The lowest BCUT2D eigenvalue weighted by Crippen LogP contribution is -2.15. The third-order valence-corrected chi connectivity index (χ3v) is 6.27. The zero-order valence-corrected chi connectivity index (χ0v) is 17.9. The van der Waals surface area contributed by atoms with Gasteiger partial charge in [0.1, 0.15) is 5.75 Å².